The van der Waals surface area contributed by atoms with Crippen LogP contribution in [-0.4, -0.2) is 23.6 Å². The van der Waals surface area contributed by atoms with Crippen LogP contribution in [0.1, 0.15) is 91.0 Å². The van der Waals surface area contributed by atoms with Gasteiger partial charge in [0.25, 0.3) is 0 Å². The SMILES string of the molecule is CC(=O)O[C@H]1CC[C@@]2(C)[C@@H](CC[C@H]3[C@H]2CC[C@]2(C)[C@@H]3CC[C@]2(C#Cc2ccccc2)OC(C)=O)C1. The zero-order valence-electron chi connectivity index (χ0n) is 21.8. The molecule has 0 bridgehead atoms. The minimum absolute atomic E-state index is 0.0901. The third-order valence-electron chi connectivity index (χ3n) is 10.6. The van der Waals surface area contributed by atoms with Crippen molar-refractivity contribution in [3.8, 4) is 11.8 Å². The first kappa shape index (κ1) is 24.4. The molecule has 8 atom stereocenters. The van der Waals surface area contributed by atoms with Gasteiger partial charge >= 0.3 is 11.9 Å². The molecule has 5 rings (SSSR count). The van der Waals surface area contributed by atoms with Crippen LogP contribution in [0.25, 0.3) is 0 Å². The van der Waals surface area contributed by atoms with Gasteiger partial charge in [0.1, 0.15) is 6.10 Å². The summed E-state index contributed by atoms with van der Waals surface area (Å²) in [5, 5.41) is 0. The second-order valence-electron chi connectivity index (χ2n) is 12.2. The Morgan fingerprint density at radius 2 is 1.63 bits per heavy atom. The van der Waals surface area contributed by atoms with Gasteiger partial charge in [-0.2, -0.15) is 0 Å². The quantitative estimate of drug-likeness (QED) is 0.370. The van der Waals surface area contributed by atoms with Gasteiger partial charge in [0.15, 0.2) is 5.60 Å². The Morgan fingerprint density at radius 1 is 0.886 bits per heavy atom. The molecule has 4 nitrogen and oxygen atoms in total. The van der Waals surface area contributed by atoms with Gasteiger partial charge in [-0.05, 0) is 105 Å². The van der Waals surface area contributed by atoms with Crippen molar-refractivity contribution in [2.75, 3.05) is 0 Å². The third-order valence-corrected chi connectivity index (χ3v) is 10.6. The van der Waals surface area contributed by atoms with Crippen LogP contribution in [-0.2, 0) is 19.1 Å². The molecule has 188 valence electrons. The lowest BCUT2D eigenvalue weighted by Gasteiger charge is -2.61. The molecule has 4 heteroatoms. The third kappa shape index (κ3) is 4.09. The molecule has 0 amide bonds. The van der Waals surface area contributed by atoms with Gasteiger partial charge in [0.2, 0.25) is 0 Å². The molecule has 0 aliphatic heterocycles. The fourth-order valence-electron chi connectivity index (χ4n) is 8.90. The lowest BCUT2D eigenvalue weighted by atomic mass is 9.44. The summed E-state index contributed by atoms with van der Waals surface area (Å²) in [6, 6.07) is 10.0. The number of rotatable bonds is 2. The number of carbonyl (C=O) groups excluding carboxylic acids is 2. The predicted molar refractivity (Wildman–Crippen MR) is 135 cm³/mol. The van der Waals surface area contributed by atoms with Crippen molar-refractivity contribution >= 4 is 11.9 Å². The van der Waals surface area contributed by atoms with Crippen LogP contribution >= 0.6 is 0 Å². The Hall–Kier alpha value is -2.28. The first-order chi connectivity index (χ1) is 16.7. The smallest absolute Gasteiger partial charge is 0.304 e. The Bertz CT molecular complexity index is 1040. The van der Waals surface area contributed by atoms with Crippen molar-refractivity contribution in [1.29, 1.82) is 0 Å². The molecular weight excluding hydrogens is 436 g/mol. The van der Waals surface area contributed by atoms with E-state index in [9.17, 15) is 9.59 Å². The summed E-state index contributed by atoms with van der Waals surface area (Å²) in [7, 11) is 0. The molecule has 4 aliphatic carbocycles. The summed E-state index contributed by atoms with van der Waals surface area (Å²) >= 11 is 0. The molecule has 1 aromatic rings. The Kier molecular flexibility index (Phi) is 6.27. The second-order valence-corrected chi connectivity index (χ2v) is 12.2. The number of benzene rings is 1. The highest BCUT2D eigenvalue weighted by Crippen LogP contribution is 2.69. The van der Waals surface area contributed by atoms with E-state index < -0.39 is 5.60 Å². The number of fused-ring (bicyclic) bond motifs is 5. The predicted octanol–water partition coefficient (Wildman–Crippen LogP) is 6.31. The van der Waals surface area contributed by atoms with Gasteiger partial charge in [0.05, 0.1) is 0 Å². The molecule has 0 unspecified atom stereocenters. The fraction of sp³-hybridized carbons (Fsp3) is 0.677. The Balaban J connectivity index is 1.42. The standard InChI is InChI=1S/C31H40O4/c1-21(32)34-25-13-16-29(3)24(20-25)10-11-26-27(29)14-17-30(4)28(26)15-19-31(30,35-22(2)33)18-12-23-8-6-5-7-9-23/h5-9,24-28H,10-11,13-17,19-20H2,1-4H3/t24-,25-,26-,27+,28+,29-,30+,31-/m0/s1. The average molecular weight is 477 g/mol. The largest absolute Gasteiger partial charge is 0.463 e. The van der Waals surface area contributed by atoms with E-state index in [1.165, 1.54) is 33.1 Å². The highest BCUT2D eigenvalue weighted by atomic mass is 16.6. The fourth-order valence-corrected chi connectivity index (χ4v) is 8.90. The molecular formula is C31H40O4. The number of hydrogen-bond acceptors (Lipinski definition) is 4. The van der Waals surface area contributed by atoms with Crippen molar-refractivity contribution in [2.24, 2.45) is 34.5 Å². The Morgan fingerprint density at radius 3 is 2.34 bits per heavy atom. The van der Waals surface area contributed by atoms with Crippen molar-refractivity contribution < 1.29 is 19.1 Å². The average Bonchev–Trinajstić information content (AvgIpc) is 3.10. The first-order valence-electron chi connectivity index (χ1n) is 13.6. The van der Waals surface area contributed by atoms with Gasteiger partial charge in [0, 0.05) is 24.8 Å². The molecule has 0 spiro atoms. The maximum Gasteiger partial charge on any atom is 0.304 e. The van der Waals surface area contributed by atoms with Crippen LogP contribution in [0.5, 0.6) is 0 Å². The number of hydrogen-bond donors (Lipinski definition) is 0. The van der Waals surface area contributed by atoms with Crippen LogP contribution in [0.3, 0.4) is 0 Å². The zero-order chi connectivity index (χ0) is 24.8. The normalized spacial score (nSPS) is 41.9. The summed E-state index contributed by atoms with van der Waals surface area (Å²) in [5.74, 6) is 9.01. The van der Waals surface area contributed by atoms with Crippen LogP contribution in [0.15, 0.2) is 30.3 Å². The zero-order valence-corrected chi connectivity index (χ0v) is 21.8. The van der Waals surface area contributed by atoms with Crippen molar-refractivity contribution in [3.63, 3.8) is 0 Å². The van der Waals surface area contributed by atoms with Gasteiger partial charge < -0.3 is 9.47 Å². The van der Waals surface area contributed by atoms with E-state index in [1.807, 2.05) is 30.3 Å². The molecule has 0 radical (unpaired) electrons. The van der Waals surface area contributed by atoms with E-state index >= 15 is 0 Å². The summed E-state index contributed by atoms with van der Waals surface area (Å²) in [5.41, 5.74) is 0.440. The van der Waals surface area contributed by atoms with Gasteiger partial charge in [-0.15, -0.1) is 0 Å². The highest BCUT2D eigenvalue weighted by Gasteiger charge is 2.66. The van der Waals surface area contributed by atoms with Gasteiger partial charge in [-0.25, -0.2) is 0 Å². The highest BCUT2D eigenvalue weighted by molar-refractivity contribution is 5.67. The van der Waals surface area contributed by atoms with Crippen molar-refractivity contribution in [3.05, 3.63) is 35.9 Å². The molecule has 4 fully saturated rings. The lowest BCUT2D eigenvalue weighted by molar-refractivity contribution is -0.178. The van der Waals surface area contributed by atoms with E-state index in [0.717, 1.165) is 44.1 Å². The summed E-state index contributed by atoms with van der Waals surface area (Å²) < 4.78 is 11.8. The topological polar surface area (TPSA) is 52.6 Å². The van der Waals surface area contributed by atoms with E-state index in [1.54, 1.807) is 0 Å². The maximum absolute atomic E-state index is 12.3. The number of carbonyl (C=O) groups is 2. The van der Waals surface area contributed by atoms with Crippen LogP contribution in [0.2, 0.25) is 0 Å². The van der Waals surface area contributed by atoms with Crippen LogP contribution in [0, 0.1) is 46.3 Å². The Labute approximate surface area is 210 Å². The molecule has 0 N–H and O–H groups in total. The molecule has 0 aromatic heterocycles. The summed E-state index contributed by atoms with van der Waals surface area (Å²) in [4.78, 5) is 23.9. The minimum Gasteiger partial charge on any atom is -0.463 e. The number of esters is 2. The first-order valence-corrected chi connectivity index (χ1v) is 13.6. The number of ether oxygens (including phenoxy) is 2. The van der Waals surface area contributed by atoms with E-state index in [2.05, 4.69) is 25.7 Å². The monoisotopic (exact) mass is 476 g/mol. The molecule has 4 saturated carbocycles. The lowest BCUT2D eigenvalue weighted by Crippen LogP contribution is -2.57. The van der Waals surface area contributed by atoms with E-state index in [-0.39, 0.29) is 23.5 Å². The molecule has 4 aliphatic rings. The van der Waals surface area contributed by atoms with Crippen molar-refractivity contribution in [2.45, 2.75) is 97.2 Å². The van der Waals surface area contributed by atoms with Crippen LogP contribution < -0.4 is 0 Å². The summed E-state index contributed by atoms with van der Waals surface area (Å²) in [6.07, 6.45) is 9.77. The molecule has 1 aromatic carbocycles. The van der Waals surface area contributed by atoms with Gasteiger partial charge in [-0.1, -0.05) is 38.0 Å². The van der Waals surface area contributed by atoms with Crippen molar-refractivity contribution in [1.82, 2.24) is 0 Å². The molecule has 0 saturated heterocycles. The van der Waals surface area contributed by atoms with E-state index in [4.69, 9.17) is 9.47 Å². The second kappa shape index (κ2) is 8.99. The minimum atomic E-state index is -0.713. The van der Waals surface area contributed by atoms with Gasteiger partial charge in [-0.3, -0.25) is 9.59 Å². The maximum atomic E-state index is 12.3. The van der Waals surface area contributed by atoms with Crippen LogP contribution in [0.4, 0.5) is 0 Å². The molecule has 35 heavy (non-hydrogen) atoms. The van der Waals surface area contributed by atoms with E-state index in [0.29, 0.717) is 29.1 Å². The molecule has 0 heterocycles. The summed E-state index contributed by atoms with van der Waals surface area (Å²) in [6.45, 7) is 7.94.